The van der Waals surface area contributed by atoms with Crippen LogP contribution >= 0.6 is 11.8 Å². The van der Waals surface area contributed by atoms with Gasteiger partial charge in [0.2, 0.25) is 0 Å². The highest BCUT2D eigenvalue weighted by Crippen LogP contribution is 2.20. The minimum atomic E-state index is -0.988. The highest BCUT2D eigenvalue weighted by atomic mass is 32.2. The molecule has 0 aliphatic rings. The molecule has 1 aromatic rings. The molecule has 1 rings (SSSR count). The van der Waals surface area contributed by atoms with Crippen LogP contribution in [0.1, 0.15) is 29.8 Å². The Morgan fingerprint density at radius 3 is 2.50 bits per heavy atom. The van der Waals surface area contributed by atoms with Crippen molar-refractivity contribution in [3.63, 3.8) is 0 Å². The van der Waals surface area contributed by atoms with E-state index in [-0.39, 0.29) is 18.4 Å². The number of amides is 1. The average molecular weight is 295 g/mol. The Kier molecular flexibility index (Phi) is 6.07. The summed E-state index contributed by atoms with van der Waals surface area (Å²) in [6.07, 6.45) is 1.95. The van der Waals surface area contributed by atoms with Crippen LogP contribution in [0.3, 0.4) is 0 Å². The standard InChI is InChI=1S/C15H21NO3S/c1-10(2)8-16(9-14(17)18)15(19)13-7-12(20-4)6-5-11(13)3/h5-7,10H,8-9H2,1-4H3,(H,17,18). The molecule has 0 saturated carbocycles. The third-order valence-electron chi connectivity index (χ3n) is 2.87. The third-order valence-corrected chi connectivity index (χ3v) is 3.60. The average Bonchev–Trinajstić information content (AvgIpc) is 2.36. The molecule has 0 aliphatic carbocycles. The van der Waals surface area contributed by atoms with Gasteiger partial charge in [-0.15, -0.1) is 11.8 Å². The number of aliphatic carboxylic acids is 1. The summed E-state index contributed by atoms with van der Waals surface area (Å²) in [5.41, 5.74) is 1.45. The van der Waals surface area contributed by atoms with Crippen molar-refractivity contribution in [2.24, 2.45) is 5.92 Å². The van der Waals surface area contributed by atoms with Gasteiger partial charge in [0.1, 0.15) is 6.54 Å². The number of hydrogen-bond donors (Lipinski definition) is 1. The molecular weight excluding hydrogens is 274 g/mol. The molecule has 4 nitrogen and oxygen atoms in total. The zero-order chi connectivity index (χ0) is 15.3. The number of aryl methyl sites for hydroxylation is 1. The van der Waals surface area contributed by atoms with Crippen molar-refractivity contribution in [3.05, 3.63) is 29.3 Å². The van der Waals surface area contributed by atoms with Crippen LogP contribution < -0.4 is 0 Å². The SMILES string of the molecule is CSc1ccc(C)c(C(=O)N(CC(=O)O)CC(C)C)c1. The summed E-state index contributed by atoms with van der Waals surface area (Å²) in [6.45, 7) is 5.97. The van der Waals surface area contributed by atoms with Gasteiger partial charge in [-0.1, -0.05) is 19.9 Å². The van der Waals surface area contributed by atoms with Crippen molar-refractivity contribution < 1.29 is 14.7 Å². The smallest absolute Gasteiger partial charge is 0.323 e. The maximum Gasteiger partial charge on any atom is 0.323 e. The second-order valence-electron chi connectivity index (χ2n) is 5.15. The molecule has 1 N–H and O–H groups in total. The molecule has 0 unspecified atom stereocenters. The summed E-state index contributed by atoms with van der Waals surface area (Å²) >= 11 is 1.56. The summed E-state index contributed by atoms with van der Waals surface area (Å²) in [7, 11) is 0. The fourth-order valence-electron chi connectivity index (χ4n) is 1.95. The summed E-state index contributed by atoms with van der Waals surface area (Å²) in [6, 6.07) is 5.69. The fraction of sp³-hybridized carbons (Fsp3) is 0.467. The first-order chi connectivity index (χ1) is 9.35. The predicted molar refractivity (Wildman–Crippen MR) is 81.3 cm³/mol. The van der Waals surface area contributed by atoms with Gasteiger partial charge in [0, 0.05) is 17.0 Å². The second-order valence-corrected chi connectivity index (χ2v) is 6.03. The van der Waals surface area contributed by atoms with E-state index in [1.54, 1.807) is 11.8 Å². The zero-order valence-electron chi connectivity index (χ0n) is 12.3. The van der Waals surface area contributed by atoms with E-state index in [2.05, 4.69) is 0 Å². The number of thioether (sulfide) groups is 1. The molecule has 0 spiro atoms. The maximum atomic E-state index is 12.6. The van der Waals surface area contributed by atoms with Gasteiger partial charge in [0.25, 0.3) is 5.91 Å². The number of carbonyl (C=O) groups is 2. The first kappa shape index (κ1) is 16.6. The van der Waals surface area contributed by atoms with Crippen LogP contribution in [-0.2, 0) is 4.79 Å². The molecule has 0 bridgehead atoms. The normalized spacial score (nSPS) is 10.7. The topological polar surface area (TPSA) is 57.6 Å². The zero-order valence-corrected chi connectivity index (χ0v) is 13.2. The van der Waals surface area contributed by atoms with Crippen LogP contribution in [0.2, 0.25) is 0 Å². The Balaban J connectivity index is 3.07. The number of carboxylic acid groups (broad SMARTS) is 1. The maximum absolute atomic E-state index is 12.6. The lowest BCUT2D eigenvalue weighted by Crippen LogP contribution is -2.38. The summed E-state index contributed by atoms with van der Waals surface area (Å²) in [5.74, 6) is -0.977. The van der Waals surface area contributed by atoms with E-state index in [0.29, 0.717) is 12.1 Å². The minimum Gasteiger partial charge on any atom is -0.480 e. The second kappa shape index (κ2) is 7.33. The van der Waals surface area contributed by atoms with E-state index in [0.717, 1.165) is 10.5 Å². The van der Waals surface area contributed by atoms with Crippen LogP contribution in [-0.4, -0.2) is 41.2 Å². The molecule has 1 aromatic carbocycles. The number of hydrogen-bond acceptors (Lipinski definition) is 3. The highest BCUT2D eigenvalue weighted by molar-refractivity contribution is 7.98. The van der Waals surface area contributed by atoms with Gasteiger partial charge in [0.15, 0.2) is 0 Å². The van der Waals surface area contributed by atoms with E-state index in [1.165, 1.54) is 4.90 Å². The number of carbonyl (C=O) groups excluding carboxylic acids is 1. The van der Waals surface area contributed by atoms with Gasteiger partial charge < -0.3 is 10.0 Å². The Morgan fingerprint density at radius 1 is 1.35 bits per heavy atom. The lowest BCUT2D eigenvalue weighted by atomic mass is 10.1. The lowest BCUT2D eigenvalue weighted by molar-refractivity contribution is -0.137. The van der Waals surface area contributed by atoms with Gasteiger partial charge in [-0.05, 0) is 36.8 Å². The van der Waals surface area contributed by atoms with E-state index in [9.17, 15) is 9.59 Å². The quantitative estimate of drug-likeness (QED) is 0.820. The monoisotopic (exact) mass is 295 g/mol. The molecule has 0 fully saturated rings. The van der Waals surface area contributed by atoms with Crippen molar-refractivity contribution in [1.82, 2.24) is 4.90 Å². The van der Waals surface area contributed by atoms with E-state index in [1.807, 2.05) is 45.2 Å². The molecule has 0 radical (unpaired) electrons. The van der Waals surface area contributed by atoms with E-state index in [4.69, 9.17) is 5.11 Å². The molecule has 0 aromatic heterocycles. The molecule has 0 saturated heterocycles. The molecule has 0 heterocycles. The number of nitrogens with zero attached hydrogens (tertiary/aromatic N) is 1. The van der Waals surface area contributed by atoms with Crippen molar-refractivity contribution in [2.75, 3.05) is 19.3 Å². The van der Waals surface area contributed by atoms with Crippen LogP contribution in [0.5, 0.6) is 0 Å². The van der Waals surface area contributed by atoms with Crippen molar-refractivity contribution in [3.8, 4) is 0 Å². The van der Waals surface area contributed by atoms with Crippen molar-refractivity contribution in [2.45, 2.75) is 25.7 Å². The Labute approximate surface area is 124 Å². The molecule has 110 valence electrons. The largest absolute Gasteiger partial charge is 0.480 e. The predicted octanol–water partition coefficient (Wildman–Crippen LogP) is 2.90. The van der Waals surface area contributed by atoms with E-state index >= 15 is 0 Å². The minimum absolute atomic E-state index is 0.213. The van der Waals surface area contributed by atoms with Crippen LogP contribution in [0.15, 0.2) is 23.1 Å². The molecular formula is C15H21NO3S. The highest BCUT2D eigenvalue weighted by Gasteiger charge is 2.21. The first-order valence-electron chi connectivity index (χ1n) is 6.50. The lowest BCUT2D eigenvalue weighted by Gasteiger charge is -2.23. The van der Waals surface area contributed by atoms with Gasteiger partial charge in [0.05, 0.1) is 0 Å². The molecule has 0 atom stereocenters. The summed E-state index contributed by atoms with van der Waals surface area (Å²) < 4.78 is 0. The fourth-order valence-corrected chi connectivity index (χ4v) is 2.39. The van der Waals surface area contributed by atoms with E-state index < -0.39 is 5.97 Å². The number of carboxylic acids is 1. The molecule has 1 amide bonds. The van der Waals surface area contributed by atoms with Crippen molar-refractivity contribution in [1.29, 1.82) is 0 Å². The third kappa shape index (κ3) is 4.56. The molecule has 5 heteroatoms. The van der Waals surface area contributed by atoms with Crippen LogP contribution in [0.25, 0.3) is 0 Å². The Hall–Kier alpha value is -1.49. The first-order valence-corrected chi connectivity index (χ1v) is 7.73. The van der Waals surface area contributed by atoms with Gasteiger partial charge in [-0.2, -0.15) is 0 Å². The summed E-state index contributed by atoms with van der Waals surface area (Å²) in [5, 5.41) is 8.96. The van der Waals surface area contributed by atoms with Crippen molar-refractivity contribution >= 4 is 23.6 Å². The number of benzene rings is 1. The van der Waals surface area contributed by atoms with Gasteiger partial charge in [-0.25, -0.2) is 0 Å². The Morgan fingerprint density at radius 2 is 2.00 bits per heavy atom. The Bertz CT molecular complexity index is 500. The van der Waals surface area contributed by atoms with Crippen LogP contribution in [0, 0.1) is 12.8 Å². The number of rotatable bonds is 6. The van der Waals surface area contributed by atoms with Gasteiger partial charge >= 0.3 is 5.97 Å². The van der Waals surface area contributed by atoms with Gasteiger partial charge in [-0.3, -0.25) is 9.59 Å². The summed E-state index contributed by atoms with van der Waals surface area (Å²) in [4.78, 5) is 25.9. The molecule has 20 heavy (non-hydrogen) atoms. The van der Waals surface area contributed by atoms with Crippen LogP contribution in [0.4, 0.5) is 0 Å². The molecule has 0 aliphatic heterocycles.